The molecule has 0 spiro atoms. The van der Waals surface area contributed by atoms with Crippen LogP contribution in [0.15, 0.2) is 48.6 Å². The second kappa shape index (κ2) is 42.7. The van der Waals surface area contributed by atoms with Gasteiger partial charge in [-0.15, -0.1) is 0 Å². The van der Waals surface area contributed by atoms with E-state index in [0.29, 0.717) is 17.4 Å². The fourth-order valence-corrected chi connectivity index (χ4v) is 7.74. The molecule has 3 atom stereocenters. The number of carbonyl (C=O) groups excluding carboxylic acids is 1. The van der Waals surface area contributed by atoms with Crippen LogP contribution in [-0.4, -0.2) is 73.4 Å². The predicted molar refractivity (Wildman–Crippen MR) is 258 cm³/mol. The van der Waals surface area contributed by atoms with Crippen molar-refractivity contribution in [1.82, 2.24) is 5.32 Å². The van der Waals surface area contributed by atoms with E-state index in [2.05, 4.69) is 55.6 Å². The smallest absolute Gasteiger partial charge is 0.387 e. The van der Waals surface area contributed by atoms with Gasteiger partial charge in [0.15, 0.2) is 0 Å². The number of unbranched alkanes of at least 4 members (excludes halogenated alkanes) is 26. The van der Waals surface area contributed by atoms with E-state index in [9.17, 15) is 19.4 Å². The molecule has 0 aromatic rings. The first-order valence-corrected chi connectivity index (χ1v) is 26.5. The Morgan fingerprint density at radius 3 is 1.33 bits per heavy atom. The summed E-state index contributed by atoms with van der Waals surface area (Å²) >= 11 is 0. The van der Waals surface area contributed by atoms with Gasteiger partial charge in [0.05, 0.1) is 39.9 Å². The highest BCUT2D eigenvalue weighted by molar-refractivity contribution is 7.47. The molecule has 0 rings (SSSR count). The average Bonchev–Trinajstić information content (AvgIpc) is 3.20. The SMILES string of the molecule is CCCCCCCCC/C=C\CCCCCCCC(=O)NC(COP(=O)(O)OCC[N+](C)(C)C)C(O)/C=C/CC/C=C/CC/C=C/CCCCCCCCCCCCCC. The van der Waals surface area contributed by atoms with E-state index in [1.54, 1.807) is 6.08 Å². The number of hydrogen-bond acceptors (Lipinski definition) is 5. The van der Waals surface area contributed by atoms with Gasteiger partial charge < -0.3 is 19.8 Å². The lowest BCUT2D eigenvalue weighted by molar-refractivity contribution is -0.870. The molecule has 3 unspecified atom stereocenters. The van der Waals surface area contributed by atoms with E-state index in [1.807, 2.05) is 27.2 Å². The van der Waals surface area contributed by atoms with Gasteiger partial charge in [-0.1, -0.05) is 191 Å². The Morgan fingerprint density at radius 2 is 0.917 bits per heavy atom. The van der Waals surface area contributed by atoms with Gasteiger partial charge in [0.2, 0.25) is 5.91 Å². The van der Waals surface area contributed by atoms with Crippen LogP contribution in [0.25, 0.3) is 0 Å². The van der Waals surface area contributed by atoms with Crippen molar-refractivity contribution in [3.05, 3.63) is 48.6 Å². The maximum Gasteiger partial charge on any atom is 0.472 e. The van der Waals surface area contributed by atoms with Gasteiger partial charge in [-0.2, -0.15) is 0 Å². The molecule has 0 aromatic carbocycles. The highest BCUT2D eigenvalue weighted by atomic mass is 31.2. The number of phosphoric ester groups is 1. The van der Waals surface area contributed by atoms with E-state index in [4.69, 9.17) is 9.05 Å². The van der Waals surface area contributed by atoms with Crippen LogP contribution >= 0.6 is 7.82 Å². The molecule has 0 aliphatic rings. The molecular formula is C51H98N2O6P+. The van der Waals surface area contributed by atoms with Crippen molar-refractivity contribution < 1.29 is 32.9 Å². The zero-order valence-electron chi connectivity index (χ0n) is 39.9. The number of likely N-dealkylation sites (N-methyl/N-ethyl adjacent to an activating group) is 1. The topological polar surface area (TPSA) is 105 Å². The van der Waals surface area contributed by atoms with Crippen LogP contribution in [0.2, 0.25) is 0 Å². The lowest BCUT2D eigenvalue weighted by Crippen LogP contribution is -2.45. The Morgan fingerprint density at radius 1 is 0.550 bits per heavy atom. The van der Waals surface area contributed by atoms with E-state index in [-0.39, 0.29) is 19.1 Å². The van der Waals surface area contributed by atoms with Crippen molar-refractivity contribution in [1.29, 1.82) is 0 Å². The second-order valence-electron chi connectivity index (χ2n) is 18.2. The second-order valence-corrected chi connectivity index (χ2v) is 19.6. The summed E-state index contributed by atoms with van der Waals surface area (Å²) in [7, 11) is 1.54. The number of rotatable bonds is 45. The van der Waals surface area contributed by atoms with Crippen LogP contribution in [0.3, 0.4) is 0 Å². The first kappa shape index (κ1) is 58.5. The molecule has 0 fully saturated rings. The summed E-state index contributed by atoms with van der Waals surface area (Å²) in [6.45, 7) is 4.78. The Kier molecular flexibility index (Phi) is 41.6. The average molecular weight is 866 g/mol. The Balaban J connectivity index is 4.42. The minimum Gasteiger partial charge on any atom is -0.387 e. The van der Waals surface area contributed by atoms with E-state index >= 15 is 0 Å². The largest absolute Gasteiger partial charge is 0.472 e. The van der Waals surface area contributed by atoms with E-state index < -0.39 is 20.0 Å². The van der Waals surface area contributed by atoms with E-state index in [1.165, 1.54) is 141 Å². The van der Waals surface area contributed by atoms with Crippen molar-refractivity contribution in [3.8, 4) is 0 Å². The number of allylic oxidation sites excluding steroid dienone is 7. The first-order valence-electron chi connectivity index (χ1n) is 25.0. The van der Waals surface area contributed by atoms with Crippen LogP contribution in [0, 0.1) is 0 Å². The van der Waals surface area contributed by atoms with Crippen molar-refractivity contribution >= 4 is 13.7 Å². The van der Waals surface area contributed by atoms with Gasteiger partial charge >= 0.3 is 7.82 Å². The van der Waals surface area contributed by atoms with Gasteiger partial charge in [-0.05, 0) is 70.6 Å². The van der Waals surface area contributed by atoms with Crippen LogP contribution in [-0.2, 0) is 18.4 Å². The molecule has 1 amide bonds. The third-order valence-electron chi connectivity index (χ3n) is 11.0. The predicted octanol–water partition coefficient (Wildman–Crippen LogP) is 14.4. The molecule has 8 nitrogen and oxygen atoms in total. The first-order chi connectivity index (χ1) is 29.0. The monoisotopic (exact) mass is 866 g/mol. The molecule has 0 aliphatic carbocycles. The van der Waals surface area contributed by atoms with Crippen molar-refractivity contribution in [3.63, 3.8) is 0 Å². The van der Waals surface area contributed by atoms with Crippen LogP contribution < -0.4 is 5.32 Å². The third-order valence-corrected chi connectivity index (χ3v) is 12.0. The summed E-state index contributed by atoms with van der Waals surface area (Å²) < 4.78 is 23.6. The number of aliphatic hydroxyl groups is 1. The number of carbonyl (C=O) groups is 1. The summed E-state index contributed by atoms with van der Waals surface area (Å²) in [6, 6.07) is -0.874. The minimum atomic E-state index is -4.36. The fraction of sp³-hybridized carbons (Fsp3) is 0.824. The number of aliphatic hydroxyl groups excluding tert-OH is 1. The number of nitrogens with zero attached hydrogens (tertiary/aromatic N) is 1. The zero-order valence-corrected chi connectivity index (χ0v) is 40.8. The highest BCUT2D eigenvalue weighted by Gasteiger charge is 2.27. The standard InChI is InChI=1S/C51H97N2O6P/c1-6-8-10-12-14-16-18-20-22-24-25-26-27-28-29-30-32-34-36-38-40-42-44-50(54)49(48-59-60(56,57)58-47-46-53(3,4)5)52-51(55)45-43-41-39-37-35-33-31-23-21-19-17-15-13-11-9-7-2/h23,28-29,31,34,36,42,44,49-50,54H,6-22,24-27,30,32-33,35,37-41,43,45-48H2,1-5H3,(H-,52,55,56,57)/p+1/b29-28+,31-23-,36-34+,44-42+. The molecule has 0 heterocycles. The number of nitrogens with one attached hydrogen (secondary N) is 1. The van der Waals surface area contributed by atoms with Gasteiger partial charge in [-0.3, -0.25) is 13.8 Å². The molecule has 9 heteroatoms. The van der Waals surface area contributed by atoms with Gasteiger partial charge in [0, 0.05) is 6.42 Å². The van der Waals surface area contributed by atoms with Gasteiger partial charge in [-0.25, -0.2) is 4.57 Å². The molecule has 0 aliphatic heterocycles. The van der Waals surface area contributed by atoms with Crippen molar-refractivity contribution in [2.75, 3.05) is 40.9 Å². The number of phosphoric acid groups is 1. The maximum atomic E-state index is 12.9. The Hall–Kier alpha value is -1.54. The molecular weight excluding hydrogens is 768 g/mol. The quantitative estimate of drug-likeness (QED) is 0.0244. The minimum absolute atomic E-state index is 0.0512. The van der Waals surface area contributed by atoms with Crippen molar-refractivity contribution in [2.45, 2.75) is 231 Å². The van der Waals surface area contributed by atoms with Gasteiger partial charge in [0.1, 0.15) is 13.2 Å². The highest BCUT2D eigenvalue weighted by Crippen LogP contribution is 2.43. The van der Waals surface area contributed by atoms with Crippen LogP contribution in [0.4, 0.5) is 0 Å². The molecule has 0 saturated carbocycles. The lowest BCUT2D eigenvalue weighted by atomic mass is 10.0. The summed E-state index contributed by atoms with van der Waals surface area (Å²) in [5.74, 6) is -0.200. The molecule has 0 bridgehead atoms. The Labute approximate surface area is 371 Å². The summed E-state index contributed by atoms with van der Waals surface area (Å²) in [5, 5.41) is 13.8. The van der Waals surface area contributed by atoms with Gasteiger partial charge in [0.25, 0.3) is 0 Å². The lowest BCUT2D eigenvalue weighted by Gasteiger charge is -2.25. The zero-order chi connectivity index (χ0) is 44.3. The Bertz CT molecular complexity index is 1120. The fourth-order valence-electron chi connectivity index (χ4n) is 7.01. The number of amides is 1. The number of quaternary nitrogens is 1. The van der Waals surface area contributed by atoms with Crippen LogP contribution in [0.1, 0.15) is 219 Å². The van der Waals surface area contributed by atoms with Crippen molar-refractivity contribution in [2.24, 2.45) is 0 Å². The third kappa shape index (κ3) is 44.5. The molecule has 0 radical (unpaired) electrons. The summed E-state index contributed by atoms with van der Waals surface area (Å²) in [4.78, 5) is 23.2. The molecule has 60 heavy (non-hydrogen) atoms. The maximum absolute atomic E-state index is 12.9. The van der Waals surface area contributed by atoms with Crippen LogP contribution in [0.5, 0.6) is 0 Å². The normalized spacial score (nSPS) is 14.6. The summed E-state index contributed by atoms with van der Waals surface area (Å²) in [5.41, 5.74) is 0. The number of hydrogen-bond donors (Lipinski definition) is 3. The summed E-state index contributed by atoms with van der Waals surface area (Å²) in [6.07, 6.45) is 54.8. The molecule has 0 saturated heterocycles. The van der Waals surface area contributed by atoms with E-state index in [0.717, 1.165) is 57.8 Å². The molecule has 352 valence electrons. The molecule has 0 aromatic heterocycles. The molecule has 3 N–H and O–H groups in total.